The second-order valence-corrected chi connectivity index (χ2v) is 10.5. The van der Waals surface area contributed by atoms with Crippen LogP contribution in [0.4, 0.5) is 5.13 Å². The van der Waals surface area contributed by atoms with E-state index in [1.807, 2.05) is 50.4 Å². The van der Waals surface area contributed by atoms with Crippen molar-refractivity contribution >= 4 is 55.5 Å². The monoisotopic (exact) mass is 504 g/mol. The number of anilines is 1. The molecule has 0 saturated carbocycles. The molecule has 1 saturated heterocycles. The Balaban J connectivity index is 1.63. The molecular weight excluding hydrogens is 480 g/mol. The fourth-order valence-electron chi connectivity index (χ4n) is 4.29. The Morgan fingerprint density at radius 1 is 1.14 bits per heavy atom. The lowest BCUT2D eigenvalue weighted by molar-refractivity contribution is -0.132. The summed E-state index contributed by atoms with van der Waals surface area (Å²) in [6.07, 6.45) is 0.886. The average Bonchev–Trinajstić information content (AvgIpc) is 3.57. The number of hydrogen-bond donors (Lipinski definition) is 1. The number of Topliss-reactive ketones (excluding diaryl/α,β-unsaturated/α-hetero) is 1. The van der Waals surface area contributed by atoms with Crippen molar-refractivity contribution in [2.45, 2.75) is 33.2 Å². The normalized spacial score (nSPS) is 17.5. The van der Waals surface area contributed by atoms with Crippen LogP contribution in [0.5, 0.6) is 5.75 Å². The Hall–Kier alpha value is -3.49. The molecule has 4 aromatic rings. The summed E-state index contributed by atoms with van der Waals surface area (Å²) in [7, 11) is 0. The van der Waals surface area contributed by atoms with E-state index in [1.165, 1.54) is 27.6 Å². The van der Waals surface area contributed by atoms with E-state index < -0.39 is 17.7 Å². The molecule has 5 rings (SSSR count). The topological polar surface area (TPSA) is 79.7 Å². The number of rotatable bonds is 6. The van der Waals surface area contributed by atoms with Gasteiger partial charge in [0.1, 0.15) is 17.6 Å². The lowest BCUT2D eigenvalue weighted by Crippen LogP contribution is -2.28. The minimum Gasteiger partial charge on any atom is -0.507 e. The molecule has 1 fully saturated rings. The number of amides is 1. The van der Waals surface area contributed by atoms with Crippen LogP contribution >= 0.6 is 22.7 Å². The van der Waals surface area contributed by atoms with Gasteiger partial charge in [0.05, 0.1) is 22.4 Å². The van der Waals surface area contributed by atoms with E-state index in [-0.39, 0.29) is 11.3 Å². The second-order valence-electron chi connectivity index (χ2n) is 8.48. The summed E-state index contributed by atoms with van der Waals surface area (Å²) in [6, 6.07) is 13.9. The Morgan fingerprint density at radius 2 is 1.91 bits per heavy atom. The predicted octanol–water partition coefficient (Wildman–Crippen LogP) is 6.39. The first-order valence-corrected chi connectivity index (χ1v) is 13.0. The second kappa shape index (κ2) is 9.28. The number of thiophene rings is 1. The zero-order valence-corrected chi connectivity index (χ0v) is 21.2. The summed E-state index contributed by atoms with van der Waals surface area (Å²) in [5, 5.41) is 13.6. The van der Waals surface area contributed by atoms with Crippen LogP contribution < -0.4 is 9.64 Å². The minimum atomic E-state index is -0.756. The Bertz CT molecular complexity index is 1450. The zero-order chi connectivity index (χ0) is 24.7. The van der Waals surface area contributed by atoms with Crippen molar-refractivity contribution in [3.63, 3.8) is 0 Å². The Labute approximate surface area is 211 Å². The van der Waals surface area contributed by atoms with E-state index in [0.29, 0.717) is 23.1 Å². The van der Waals surface area contributed by atoms with Gasteiger partial charge in [0.2, 0.25) is 0 Å². The summed E-state index contributed by atoms with van der Waals surface area (Å²) < 4.78 is 6.57. The van der Waals surface area contributed by atoms with Gasteiger partial charge in [-0.15, -0.1) is 11.3 Å². The summed E-state index contributed by atoms with van der Waals surface area (Å²) in [5.74, 6) is -0.945. The maximum atomic E-state index is 13.3. The number of aromatic nitrogens is 1. The van der Waals surface area contributed by atoms with Crippen molar-refractivity contribution < 1.29 is 19.4 Å². The van der Waals surface area contributed by atoms with Gasteiger partial charge < -0.3 is 9.84 Å². The van der Waals surface area contributed by atoms with Crippen molar-refractivity contribution in [1.82, 2.24) is 4.98 Å². The molecule has 0 spiro atoms. The highest BCUT2D eigenvalue weighted by atomic mass is 32.1. The fourth-order valence-corrected chi connectivity index (χ4v) is 6.28. The fraction of sp³-hybridized carbons (Fsp3) is 0.222. The van der Waals surface area contributed by atoms with E-state index in [2.05, 4.69) is 0 Å². The third-order valence-corrected chi connectivity index (χ3v) is 7.81. The number of carbonyl (C=O) groups is 2. The van der Waals surface area contributed by atoms with Crippen LogP contribution in [-0.4, -0.2) is 28.4 Å². The standard InChI is InChI=1S/C27H24N2O4S2/c1-4-11-33-18-9-7-17(8-10-18)24(30)21-23(19-6-5-12-34-19)29(26(32)25(21)31)27-28-22-16(3)13-15(2)14-20(22)35-27/h5-10,12-14,23,30H,4,11H2,1-3H3/b24-21+. The highest BCUT2D eigenvalue weighted by Crippen LogP contribution is 2.45. The first-order chi connectivity index (χ1) is 16.9. The third-order valence-electron chi connectivity index (χ3n) is 5.88. The molecule has 1 unspecified atom stereocenters. The highest BCUT2D eigenvalue weighted by molar-refractivity contribution is 7.22. The van der Waals surface area contributed by atoms with Crippen LogP contribution in [0.2, 0.25) is 0 Å². The number of fused-ring (bicyclic) bond motifs is 1. The minimum absolute atomic E-state index is 0.0619. The quantitative estimate of drug-likeness (QED) is 0.187. The molecular formula is C27H24N2O4S2. The number of thiazole rings is 1. The maximum absolute atomic E-state index is 13.3. The molecule has 0 bridgehead atoms. The third kappa shape index (κ3) is 4.13. The highest BCUT2D eigenvalue weighted by Gasteiger charge is 2.48. The lowest BCUT2D eigenvalue weighted by atomic mass is 10.00. The number of carbonyl (C=O) groups excluding carboxylic acids is 2. The molecule has 35 heavy (non-hydrogen) atoms. The molecule has 6 nitrogen and oxygen atoms in total. The van der Waals surface area contributed by atoms with E-state index in [1.54, 1.807) is 24.3 Å². The molecule has 2 aromatic heterocycles. The molecule has 1 N–H and O–H groups in total. The van der Waals surface area contributed by atoms with Gasteiger partial charge in [-0.1, -0.05) is 30.4 Å². The van der Waals surface area contributed by atoms with E-state index in [0.717, 1.165) is 32.6 Å². The van der Waals surface area contributed by atoms with Crippen LogP contribution in [0.25, 0.3) is 16.0 Å². The van der Waals surface area contributed by atoms with Gasteiger partial charge in [0, 0.05) is 10.4 Å². The molecule has 0 radical (unpaired) electrons. The molecule has 3 heterocycles. The van der Waals surface area contributed by atoms with Crippen LogP contribution in [0.15, 0.2) is 59.5 Å². The van der Waals surface area contributed by atoms with Crippen molar-refractivity contribution in [1.29, 1.82) is 0 Å². The van der Waals surface area contributed by atoms with Crippen LogP contribution in [0.3, 0.4) is 0 Å². The first kappa shape index (κ1) is 23.3. The van der Waals surface area contributed by atoms with E-state index >= 15 is 0 Å². The number of aliphatic hydroxyl groups is 1. The molecule has 1 amide bonds. The lowest BCUT2D eigenvalue weighted by Gasteiger charge is -2.21. The number of ether oxygens (including phenoxy) is 1. The SMILES string of the molecule is CCCOc1ccc(/C(O)=C2\C(=O)C(=O)N(c3nc4c(C)cc(C)cc4s3)C2c2cccs2)cc1. The van der Waals surface area contributed by atoms with Crippen LogP contribution in [0, 0.1) is 13.8 Å². The average molecular weight is 505 g/mol. The summed E-state index contributed by atoms with van der Waals surface area (Å²) >= 11 is 2.80. The van der Waals surface area contributed by atoms with Crippen LogP contribution in [0.1, 0.15) is 41.0 Å². The molecule has 1 aliphatic rings. The number of benzene rings is 2. The summed E-state index contributed by atoms with van der Waals surface area (Å²) in [6.45, 7) is 6.62. The van der Waals surface area contributed by atoms with Gasteiger partial charge >= 0.3 is 5.91 Å². The van der Waals surface area contributed by atoms with Crippen molar-refractivity contribution in [3.05, 3.63) is 81.1 Å². The zero-order valence-electron chi connectivity index (χ0n) is 19.6. The Morgan fingerprint density at radius 3 is 2.60 bits per heavy atom. The summed E-state index contributed by atoms with van der Waals surface area (Å²) in [4.78, 5) is 33.6. The van der Waals surface area contributed by atoms with E-state index in [9.17, 15) is 14.7 Å². The van der Waals surface area contributed by atoms with Crippen molar-refractivity contribution in [2.24, 2.45) is 0 Å². The smallest absolute Gasteiger partial charge is 0.301 e. The molecule has 1 atom stereocenters. The maximum Gasteiger partial charge on any atom is 0.301 e. The largest absolute Gasteiger partial charge is 0.507 e. The van der Waals surface area contributed by atoms with Crippen LogP contribution in [-0.2, 0) is 9.59 Å². The van der Waals surface area contributed by atoms with Gasteiger partial charge in [-0.05, 0) is 73.2 Å². The number of aryl methyl sites for hydroxylation is 2. The summed E-state index contributed by atoms with van der Waals surface area (Å²) in [5.41, 5.74) is 3.44. The molecule has 178 valence electrons. The van der Waals surface area contributed by atoms with Crippen molar-refractivity contribution in [2.75, 3.05) is 11.5 Å². The Kier molecular flexibility index (Phi) is 6.17. The predicted molar refractivity (Wildman–Crippen MR) is 140 cm³/mol. The van der Waals surface area contributed by atoms with Gasteiger partial charge in [0.15, 0.2) is 5.13 Å². The molecule has 2 aromatic carbocycles. The number of hydrogen-bond acceptors (Lipinski definition) is 7. The number of aliphatic hydroxyl groups excluding tert-OH is 1. The van der Waals surface area contributed by atoms with Crippen molar-refractivity contribution in [3.8, 4) is 5.75 Å². The first-order valence-electron chi connectivity index (χ1n) is 11.3. The van der Waals surface area contributed by atoms with Gasteiger partial charge in [-0.2, -0.15) is 0 Å². The molecule has 1 aliphatic heterocycles. The number of nitrogens with zero attached hydrogens (tertiary/aromatic N) is 2. The van der Waals surface area contributed by atoms with Gasteiger partial charge in [-0.25, -0.2) is 4.98 Å². The van der Waals surface area contributed by atoms with E-state index in [4.69, 9.17) is 9.72 Å². The van der Waals surface area contributed by atoms with Gasteiger partial charge in [0.25, 0.3) is 5.78 Å². The molecule has 0 aliphatic carbocycles. The number of ketones is 1. The van der Waals surface area contributed by atoms with Gasteiger partial charge in [-0.3, -0.25) is 14.5 Å². The molecule has 8 heteroatoms.